The van der Waals surface area contributed by atoms with Crippen LogP contribution in [0.25, 0.3) is 0 Å². The minimum absolute atomic E-state index is 0.0537. The molecule has 2 saturated heterocycles. The molecule has 2 amide bonds. The van der Waals surface area contributed by atoms with E-state index >= 15 is 0 Å². The van der Waals surface area contributed by atoms with Crippen molar-refractivity contribution >= 4 is 75.3 Å². The Morgan fingerprint density at radius 2 is 2.18 bits per heavy atom. The molecular weight excluding hydrogens is 560 g/mol. The molecule has 0 aliphatic carbocycles. The van der Waals surface area contributed by atoms with Crippen LogP contribution in [0.3, 0.4) is 0 Å². The minimum atomic E-state index is -1.45. The van der Waals surface area contributed by atoms with Gasteiger partial charge in [-0.3, -0.25) is 9.59 Å². The molecule has 15 nitrogen and oxygen atoms in total. The lowest BCUT2D eigenvalue weighted by Crippen LogP contribution is -2.75. The molecular formula is C20H22N8O7S3. The van der Waals surface area contributed by atoms with Gasteiger partial charge in [-0.25, -0.2) is 14.3 Å². The van der Waals surface area contributed by atoms with Crippen LogP contribution in [0, 0.1) is 5.41 Å². The molecule has 3 atom stereocenters. The van der Waals surface area contributed by atoms with Crippen LogP contribution in [0.15, 0.2) is 28.0 Å². The van der Waals surface area contributed by atoms with Gasteiger partial charge in [0, 0.05) is 34.9 Å². The number of nitrogens with two attached hydrogens (primary N) is 2. The first-order valence-corrected chi connectivity index (χ1v) is 13.7. The molecule has 0 bridgehead atoms. The number of carboxylic acids is 2. The van der Waals surface area contributed by atoms with Crippen molar-refractivity contribution in [3.05, 3.63) is 23.3 Å². The number of carbonyl (C=O) groups is 4. The fourth-order valence-corrected chi connectivity index (χ4v) is 7.22. The van der Waals surface area contributed by atoms with Crippen LogP contribution in [0.1, 0.15) is 5.69 Å². The Morgan fingerprint density at radius 3 is 2.82 bits per heavy atom. The Labute approximate surface area is 227 Å². The third-order valence-corrected chi connectivity index (χ3v) is 9.25. The highest BCUT2D eigenvalue weighted by atomic mass is 32.2. The molecule has 0 aromatic carbocycles. The number of anilines is 2. The summed E-state index contributed by atoms with van der Waals surface area (Å²) in [4.78, 5) is 63.5. The number of carbonyl (C=O) groups excluding carboxylic acids is 3. The number of nitrogen functional groups attached to an aromatic ring is 2. The summed E-state index contributed by atoms with van der Waals surface area (Å²) in [7, 11) is 1.26. The van der Waals surface area contributed by atoms with Crippen LogP contribution in [0.5, 0.6) is 0 Å². The van der Waals surface area contributed by atoms with E-state index in [2.05, 4.69) is 20.4 Å². The van der Waals surface area contributed by atoms with Gasteiger partial charge in [-0.1, -0.05) is 5.16 Å². The average Bonchev–Trinajstić information content (AvgIpc) is 3.30. The summed E-state index contributed by atoms with van der Waals surface area (Å²) in [6, 6.07) is 0.522. The lowest BCUT2D eigenvalue weighted by atomic mass is 9.89. The molecule has 4 rings (SSSR count). The van der Waals surface area contributed by atoms with E-state index in [-0.39, 0.29) is 45.6 Å². The summed E-state index contributed by atoms with van der Waals surface area (Å²) in [5.41, 5.74) is 9.94. The van der Waals surface area contributed by atoms with E-state index in [4.69, 9.17) is 21.4 Å². The number of rotatable bonds is 10. The molecule has 2 aliphatic rings. The first-order valence-electron chi connectivity index (χ1n) is 10.8. The Kier molecular flexibility index (Phi) is 7.93. The van der Waals surface area contributed by atoms with Crippen molar-refractivity contribution in [2.45, 2.75) is 23.1 Å². The highest BCUT2D eigenvalue weighted by molar-refractivity contribution is 8.00. The summed E-state index contributed by atoms with van der Waals surface area (Å²) < 4.78 is 1.33. The number of hydrogen-bond acceptors (Lipinski definition) is 14. The van der Waals surface area contributed by atoms with Crippen molar-refractivity contribution in [3.63, 3.8) is 0 Å². The Morgan fingerprint density at radius 1 is 1.42 bits per heavy atom. The van der Waals surface area contributed by atoms with E-state index in [1.54, 1.807) is 0 Å². The van der Waals surface area contributed by atoms with Crippen molar-refractivity contribution in [1.82, 2.24) is 20.2 Å². The lowest BCUT2D eigenvalue weighted by molar-refractivity contribution is -0.726. The Bertz CT molecular complexity index is 1320. The number of aromatic nitrogens is 3. The SMILES string of the molecule is CON=C(C(=O)NC1C(=O)N2CC(CSc3nc(N)cc[n+]3CC(=O)O)(C(=O)[O-])CS[C@H]12)c1csc(N)n1. The van der Waals surface area contributed by atoms with E-state index in [0.717, 1.165) is 23.1 Å². The Balaban J connectivity index is 1.45. The van der Waals surface area contributed by atoms with Crippen molar-refractivity contribution in [3.8, 4) is 0 Å². The standard InChI is InChI=1S/C20H22N8O7S3/c1-35-26-12(9-5-36-18(22)23-9)14(31)25-13-15(32)28-6-20(17(33)34,7-37-16(13)28)8-38-19-24-10(21)2-3-27(19)4-11(29)30/h2-3,5,13,16,21H,4,6-8H2,1H3,(H5,22,23,25,29,30,31,33,34)/t13?,16-,20?/m1/s1. The maximum Gasteiger partial charge on any atom is 0.362 e. The van der Waals surface area contributed by atoms with E-state index in [0.29, 0.717) is 0 Å². The van der Waals surface area contributed by atoms with Crippen LogP contribution in [-0.2, 0) is 30.6 Å². The van der Waals surface area contributed by atoms with Gasteiger partial charge in [0.05, 0.1) is 12.2 Å². The molecule has 6 N–H and O–H groups in total. The summed E-state index contributed by atoms with van der Waals surface area (Å²) in [5.74, 6) is -3.47. The third-order valence-electron chi connectivity index (χ3n) is 5.71. The number of oxime groups is 1. The molecule has 202 valence electrons. The van der Waals surface area contributed by atoms with Crippen LogP contribution in [0.4, 0.5) is 10.9 Å². The van der Waals surface area contributed by atoms with Gasteiger partial charge in [0.2, 0.25) is 11.7 Å². The second-order valence-electron chi connectivity index (χ2n) is 8.33. The van der Waals surface area contributed by atoms with Crippen molar-refractivity contribution in [1.29, 1.82) is 0 Å². The lowest BCUT2D eigenvalue weighted by Gasteiger charge is -2.55. The van der Waals surface area contributed by atoms with Crippen molar-refractivity contribution in [2.24, 2.45) is 10.6 Å². The quantitative estimate of drug-likeness (QED) is 0.0561. The second kappa shape index (κ2) is 11.0. The van der Waals surface area contributed by atoms with Gasteiger partial charge in [-0.05, 0) is 16.7 Å². The van der Waals surface area contributed by atoms with Crippen LogP contribution >= 0.6 is 34.9 Å². The van der Waals surface area contributed by atoms with Gasteiger partial charge in [-0.15, -0.1) is 23.1 Å². The molecule has 38 heavy (non-hydrogen) atoms. The fourth-order valence-electron chi connectivity index (χ4n) is 3.83. The minimum Gasteiger partial charge on any atom is -0.549 e. The number of amides is 2. The number of hydrogen-bond donors (Lipinski definition) is 4. The molecule has 18 heteroatoms. The smallest absolute Gasteiger partial charge is 0.362 e. The fraction of sp³-hybridized carbons (Fsp3) is 0.400. The van der Waals surface area contributed by atoms with Crippen LogP contribution in [-0.4, -0.2) is 86.0 Å². The van der Waals surface area contributed by atoms with Crippen molar-refractivity contribution in [2.75, 3.05) is 36.6 Å². The summed E-state index contributed by atoms with van der Waals surface area (Å²) in [6.07, 6.45) is 1.45. The van der Waals surface area contributed by atoms with Crippen LogP contribution < -0.4 is 26.5 Å². The number of thiazole rings is 1. The number of nitrogens with zero attached hydrogens (tertiary/aromatic N) is 5. The number of aliphatic carboxylic acids is 2. The molecule has 4 heterocycles. The second-order valence-corrected chi connectivity index (χ2v) is 11.3. The monoisotopic (exact) mass is 582 g/mol. The predicted molar refractivity (Wildman–Crippen MR) is 135 cm³/mol. The summed E-state index contributed by atoms with van der Waals surface area (Å²) in [5, 5.41) is 29.2. The average molecular weight is 583 g/mol. The molecule has 2 aromatic heterocycles. The number of β-lactam (4-membered cyclic amide) rings is 1. The zero-order chi connectivity index (χ0) is 27.6. The molecule has 2 unspecified atom stereocenters. The zero-order valence-electron chi connectivity index (χ0n) is 19.7. The topological polar surface area (TPSA) is 230 Å². The summed E-state index contributed by atoms with van der Waals surface area (Å²) in [6.45, 7) is -0.549. The highest BCUT2D eigenvalue weighted by Crippen LogP contribution is 2.43. The van der Waals surface area contributed by atoms with E-state index < -0.39 is 47.1 Å². The third kappa shape index (κ3) is 5.46. The number of thioether (sulfide) groups is 2. The summed E-state index contributed by atoms with van der Waals surface area (Å²) >= 11 is 3.30. The number of nitrogens with one attached hydrogen (secondary N) is 1. The largest absolute Gasteiger partial charge is 0.549 e. The molecule has 0 spiro atoms. The van der Waals surface area contributed by atoms with Crippen LogP contribution in [0.2, 0.25) is 0 Å². The number of fused-ring (bicyclic) bond motifs is 1. The van der Waals surface area contributed by atoms with Gasteiger partial charge in [0.15, 0.2) is 17.4 Å². The highest BCUT2D eigenvalue weighted by Gasteiger charge is 2.56. The maximum atomic E-state index is 12.9. The normalized spacial score (nSPS) is 22.8. The van der Waals surface area contributed by atoms with Gasteiger partial charge < -0.3 is 41.5 Å². The van der Waals surface area contributed by atoms with Gasteiger partial charge in [-0.2, -0.15) is 0 Å². The van der Waals surface area contributed by atoms with Gasteiger partial charge in [0.1, 0.15) is 24.2 Å². The van der Waals surface area contributed by atoms with Gasteiger partial charge >= 0.3 is 11.1 Å². The zero-order valence-corrected chi connectivity index (χ0v) is 22.2. The molecule has 0 radical (unpaired) electrons. The predicted octanol–water partition coefficient (Wildman–Crippen LogP) is -2.65. The molecule has 2 aliphatic heterocycles. The van der Waals surface area contributed by atoms with Gasteiger partial charge in [0.25, 0.3) is 5.91 Å². The van der Waals surface area contributed by atoms with E-state index in [1.807, 2.05) is 0 Å². The first-order chi connectivity index (χ1) is 18.0. The molecule has 2 fully saturated rings. The maximum absolute atomic E-state index is 12.9. The van der Waals surface area contributed by atoms with E-state index in [1.165, 1.54) is 46.0 Å². The van der Waals surface area contributed by atoms with E-state index in [9.17, 15) is 24.3 Å². The molecule has 0 saturated carbocycles. The first kappa shape index (κ1) is 27.4. The van der Waals surface area contributed by atoms with Crippen molar-refractivity contribution < 1.29 is 38.8 Å². The number of carboxylic acid groups (broad SMARTS) is 2. The Hall–Kier alpha value is -3.64. The molecule has 2 aromatic rings.